The van der Waals surface area contributed by atoms with Gasteiger partial charge in [0.1, 0.15) is 0 Å². The average molecular weight is 274 g/mol. The molecule has 17 heavy (non-hydrogen) atoms. The van der Waals surface area contributed by atoms with Crippen molar-refractivity contribution in [3.8, 4) is 0 Å². The highest BCUT2D eigenvalue weighted by molar-refractivity contribution is 8.00. The van der Waals surface area contributed by atoms with E-state index in [2.05, 4.69) is 5.32 Å². The molecule has 0 aliphatic heterocycles. The highest BCUT2D eigenvalue weighted by Gasteiger charge is 2.05. The molecule has 0 saturated carbocycles. The first-order valence-electron chi connectivity index (χ1n) is 4.74. The summed E-state index contributed by atoms with van der Waals surface area (Å²) in [5, 5.41) is 3.22. The van der Waals surface area contributed by atoms with Gasteiger partial charge >= 0.3 is 0 Å². The lowest BCUT2D eigenvalue weighted by Crippen LogP contribution is -2.32. The van der Waals surface area contributed by atoms with Crippen molar-refractivity contribution in [1.82, 2.24) is 5.43 Å². The Labute approximate surface area is 108 Å². The minimum atomic E-state index is -0.314. The zero-order valence-electron chi connectivity index (χ0n) is 8.90. The normalized spacial score (nSPS) is 9.76. The summed E-state index contributed by atoms with van der Waals surface area (Å²) in [5.41, 5.74) is 2.62. The van der Waals surface area contributed by atoms with Gasteiger partial charge in [-0.1, -0.05) is 17.7 Å². The summed E-state index contributed by atoms with van der Waals surface area (Å²) >= 11 is 6.95. The maximum atomic E-state index is 11.5. The Hall–Kier alpha value is -1.24. The third-order valence-corrected chi connectivity index (χ3v) is 2.90. The molecule has 2 amide bonds. The van der Waals surface area contributed by atoms with E-state index in [9.17, 15) is 9.59 Å². The number of thioether (sulfide) groups is 1. The van der Waals surface area contributed by atoms with Crippen molar-refractivity contribution in [2.45, 2.75) is 0 Å². The van der Waals surface area contributed by atoms with E-state index < -0.39 is 0 Å². The van der Waals surface area contributed by atoms with Gasteiger partial charge in [-0.15, -0.1) is 11.8 Å². The Balaban J connectivity index is 2.32. The number of anilines is 1. The highest BCUT2D eigenvalue weighted by Crippen LogP contribution is 2.15. The van der Waals surface area contributed by atoms with Gasteiger partial charge in [0.2, 0.25) is 11.8 Å². The Morgan fingerprint density at radius 2 is 2.00 bits per heavy atom. The second-order valence-corrected chi connectivity index (χ2v) is 4.54. The minimum Gasteiger partial charge on any atom is -0.325 e. The third-order valence-electron chi connectivity index (χ3n) is 1.74. The van der Waals surface area contributed by atoms with Gasteiger partial charge in [-0.05, 0) is 18.2 Å². The first-order chi connectivity index (χ1) is 8.11. The molecule has 7 heteroatoms. The fraction of sp³-hybridized carbons (Fsp3) is 0.200. The van der Waals surface area contributed by atoms with E-state index in [1.54, 1.807) is 24.3 Å². The number of nitrogens with one attached hydrogen (secondary N) is 2. The maximum absolute atomic E-state index is 11.5. The molecule has 0 aromatic heterocycles. The number of nitrogens with two attached hydrogens (primary N) is 1. The molecule has 5 nitrogen and oxygen atoms in total. The van der Waals surface area contributed by atoms with E-state index in [1.807, 2.05) is 5.43 Å². The van der Waals surface area contributed by atoms with Gasteiger partial charge in [-0.2, -0.15) is 0 Å². The Bertz CT molecular complexity index is 414. The molecule has 0 radical (unpaired) electrons. The minimum absolute atomic E-state index is 0.152. The zero-order valence-corrected chi connectivity index (χ0v) is 10.5. The van der Waals surface area contributed by atoms with Crippen molar-refractivity contribution in [2.24, 2.45) is 5.84 Å². The summed E-state index contributed by atoms with van der Waals surface area (Å²) in [6.45, 7) is 0. The van der Waals surface area contributed by atoms with Gasteiger partial charge in [-0.3, -0.25) is 15.0 Å². The number of amides is 2. The van der Waals surface area contributed by atoms with E-state index in [1.165, 1.54) is 11.8 Å². The lowest BCUT2D eigenvalue weighted by Gasteiger charge is -2.05. The third kappa shape index (κ3) is 5.58. The van der Waals surface area contributed by atoms with Crippen LogP contribution >= 0.6 is 23.4 Å². The standard InChI is InChI=1S/C10H12ClN3O2S/c11-7-2-1-3-8(4-7)13-9(15)5-17-6-10(16)14-12/h1-4H,5-6,12H2,(H,13,15)(H,14,16). The number of hydrazine groups is 1. The molecule has 1 aromatic carbocycles. The van der Waals surface area contributed by atoms with E-state index in [0.717, 1.165) is 0 Å². The Kier molecular flexibility index (Phi) is 5.82. The number of carbonyl (C=O) groups excluding carboxylic acids is 2. The van der Waals surface area contributed by atoms with E-state index in [0.29, 0.717) is 10.7 Å². The van der Waals surface area contributed by atoms with E-state index >= 15 is 0 Å². The van der Waals surface area contributed by atoms with E-state index in [-0.39, 0.29) is 23.3 Å². The van der Waals surface area contributed by atoms with Crippen molar-refractivity contribution in [1.29, 1.82) is 0 Å². The molecule has 0 spiro atoms. The van der Waals surface area contributed by atoms with Crippen LogP contribution in [0.15, 0.2) is 24.3 Å². The van der Waals surface area contributed by atoms with Crippen LogP contribution in [-0.4, -0.2) is 23.3 Å². The average Bonchev–Trinajstić information content (AvgIpc) is 2.28. The van der Waals surface area contributed by atoms with Crippen LogP contribution in [0.2, 0.25) is 5.02 Å². The number of rotatable bonds is 5. The maximum Gasteiger partial charge on any atom is 0.243 e. The van der Waals surface area contributed by atoms with Gasteiger partial charge < -0.3 is 5.32 Å². The lowest BCUT2D eigenvalue weighted by molar-refractivity contribution is -0.118. The largest absolute Gasteiger partial charge is 0.325 e. The van der Waals surface area contributed by atoms with Crippen LogP contribution in [0.4, 0.5) is 5.69 Å². The summed E-state index contributed by atoms with van der Waals surface area (Å²) in [6, 6.07) is 6.85. The Morgan fingerprint density at radius 1 is 1.29 bits per heavy atom. The van der Waals surface area contributed by atoms with Crippen LogP contribution in [-0.2, 0) is 9.59 Å². The molecule has 1 aromatic rings. The number of hydrogen-bond acceptors (Lipinski definition) is 4. The van der Waals surface area contributed by atoms with Gasteiger partial charge in [0.05, 0.1) is 11.5 Å². The molecule has 1 rings (SSSR count). The topological polar surface area (TPSA) is 84.2 Å². The van der Waals surface area contributed by atoms with Gasteiger partial charge in [0, 0.05) is 10.7 Å². The molecule has 0 atom stereocenters. The smallest absolute Gasteiger partial charge is 0.243 e. The van der Waals surface area contributed by atoms with Crippen molar-refractivity contribution in [3.63, 3.8) is 0 Å². The summed E-state index contributed by atoms with van der Waals surface area (Å²) in [7, 11) is 0. The molecular weight excluding hydrogens is 262 g/mol. The molecular formula is C10H12ClN3O2S. The quantitative estimate of drug-likeness (QED) is 0.425. The molecule has 0 saturated heterocycles. The van der Waals surface area contributed by atoms with Crippen LogP contribution in [0.3, 0.4) is 0 Å². The predicted octanol–water partition coefficient (Wildman–Crippen LogP) is 1.00. The molecule has 92 valence electrons. The van der Waals surface area contributed by atoms with Crippen molar-refractivity contribution >= 4 is 40.9 Å². The summed E-state index contributed by atoms with van der Waals surface area (Å²) in [6.07, 6.45) is 0. The van der Waals surface area contributed by atoms with Gasteiger partial charge in [0.15, 0.2) is 0 Å². The number of halogens is 1. The second kappa shape index (κ2) is 7.16. The van der Waals surface area contributed by atoms with Crippen molar-refractivity contribution in [2.75, 3.05) is 16.8 Å². The highest BCUT2D eigenvalue weighted by atomic mass is 35.5. The van der Waals surface area contributed by atoms with Crippen LogP contribution in [0, 0.1) is 0 Å². The summed E-state index contributed by atoms with van der Waals surface area (Å²) < 4.78 is 0. The number of carbonyl (C=O) groups is 2. The van der Waals surface area contributed by atoms with Crippen LogP contribution in [0.1, 0.15) is 0 Å². The van der Waals surface area contributed by atoms with Crippen LogP contribution in [0.5, 0.6) is 0 Å². The SMILES string of the molecule is NNC(=O)CSCC(=O)Nc1cccc(Cl)c1. The molecule has 0 heterocycles. The fourth-order valence-corrected chi connectivity index (χ4v) is 1.86. The molecule has 4 N–H and O–H groups in total. The second-order valence-electron chi connectivity index (χ2n) is 3.12. The molecule has 0 aliphatic rings. The number of benzene rings is 1. The monoisotopic (exact) mass is 273 g/mol. The molecule has 0 bridgehead atoms. The molecule has 0 aliphatic carbocycles. The molecule has 0 unspecified atom stereocenters. The van der Waals surface area contributed by atoms with Crippen molar-refractivity contribution in [3.05, 3.63) is 29.3 Å². The van der Waals surface area contributed by atoms with Gasteiger partial charge in [-0.25, -0.2) is 5.84 Å². The zero-order chi connectivity index (χ0) is 12.7. The van der Waals surface area contributed by atoms with E-state index in [4.69, 9.17) is 17.4 Å². The fourth-order valence-electron chi connectivity index (χ4n) is 1.04. The van der Waals surface area contributed by atoms with Crippen LogP contribution < -0.4 is 16.6 Å². The van der Waals surface area contributed by atoms with Crippen molar-refractivity contribution < 1.29 is 9.59 Å². The predicted molar refractivity (Wildman–Crippen MR) is 69.7 cm³/mol. The number of hydrogen-bond donors (Lipinski definition) is 3. The lowest BCUT2D eigenvalue weighted by atomic mass is 10.3. The summed E-state index contributed by atoms with van der Waals surface area (Å²) in [5.74, 6) is 4.73. The Morgan fingerprint density at radius 3 is 2.65 bits per heavy atom. The first-order valence-corrected chi connectivity index (χ1v) is 6.27. The van der Waals surface area contributed by atoms with Gasteiger partial charge in [0.25, 0.3) is 0 Å². The van der Waals surface area contributed by atoms with Crippen LogP contribution in [0.25, 0.3) is 0 Å². The first kappa shape index (κ1) is 13.8. The summed E-state index contributed by atoms with van der Waals surface area (Å²) in [4.78, 5) is 22.2. The molecule has 0 fully saturated rings.